The van der Waals surface area contributed by atoms with Crippen LogP contribution < -0.4 is 5.73 Å². The molecule has 2 heterocycles. The molecule has 62 valence electrons. The maximum Gasteiger partial charge on any atom is 0.157 e. The van der Waals surface area contributed by atoms with Crippen LogP contribution in [0.2, 0.25) is 0 Å². The fourth-order valence-corrected chi connectivity index (χ4v) is 1.49. The third-order valence-electron chi connectivity index (χ3n) is 1.50. The summed E-state index contributed by atoms with van der Waals surface area (Å²) in [6.45, 7) is 0. The smallest absolute Gasteiger partial charge is 0.157 e. The Hall–Kier alpha value is -0.920. The van der Waals surface area contributed by atoms with Crippen molar-refractivity contribution in [3.63, 3.8) is 0 Å². The van der Waals surface area contributed by atoms with Crippen LogP contribution >= 0.6 is 22.6 Å². The van der Waals surface area contributed by atoms with E-state index in [4.69, 9.17) is 5.73 Å². The molecule has 0 fully saturated rings. The highest BCUT2D eigenvalue weighted by atomic mass is 127. The number of hydrogen-bond donors (Lipinski definition) is 1. The second-order valence-electron chi connectivity index (χ2n) is 2.23. The van der Waals surface area contributed by atoms with Crippen molar-refractivity contribution < 1.29 is 4.39 Å². The molecule has 0 saturated heterocycles. The summed E-state index contributed by atoms with van der Waals surface area (Å²) in [5.74, 6) is -0.0467. The fraction of sp³-hybridized carbons (Fsp3) is 0. The van der Waals surface area contributed by atoms with Gasteiger partial charge in [-0.3, -0.25) is 0 Å². The molecular formula is C6H4FIN4. The minimum atomic E-state index is -0.331. The minimum Gasteiger partial charge on any atom is -0.382 e. The largest absolute Gasteiger partial charge is 0.382 e. The number of nitrogen functional groups attached to an aromatic ring is 1. The molecule has 0 unspecified atom stereocenters. The standard InChI is InChI=1S/C6H4FIN4/c7-3-1-4-6(9)10-2-11-12(4)5(3)8/h1-2H,(H2,9,10,11). The van der Waals surface area contributed by atoms with Crippen molar-refractivity contribution in [2.24, 2.45) is 0 Å². The highest BCUT2D eigenvalue weighted by Gasteiger charge is 2.09. The van der Waals surface area contributed by atoms with Gasteiger partial charge in [0.15, 0.2) is 11.6 Å². The van der Waals surface area contributed by atoms with Crippen LogP contribution in [-0.4, -0.2) is 14.6 Å². The molecule has 0 aliphatic heterocycles. The molecule has 0 amide bonds. The topological polar surface area (TPSA) is 56.2 Å². The Balaban J connectivity index is 2.95. The van der Waals surface area contributed by atoms with E-state index >= 15 is 0 Å². The zero-order valence-corrected chi connectivity index (χ0v) is 7.99. The van der Waals surface area contributed by atoms with Crippen molar-refractivity contribution in [1.82, 2.24) is 14.6 Å². The first-order valence-electron chi connectivity index (χ1n) is 3.13. The van der Waals surface area contributed by atoms with Crippen molar-refractivity contribution >= 4 is 33.9 Å². The van der Waals surface area contributed by atoms with Gasteiger partial charge in [-0.1, -0.05) is 0 Å². The summed E-state index contributed by atoms with van der Waals surface area (Å²) >= 11 is 1.86. The Morgan fingerprint density at radius 1 is 1.58 bits per heavy atom. The highest BCUT2D eigenvalue weighted by molar-refractivity contribution is 14.1. The van der Waals surface area contributed by atoms with Crippen molar-refractivity contribution in [2.75, 3.05) is 5.73 Å². The van der Waals surface area contributed by atoms with Gasteiger partial charge in [-0.15, -0.1) is 0 Å². The summed E-state index contributed by atoms with van der Waals surface area (Å²) in [6, 6.07) is 1.32. The number of nitrogens with two attached hydrogens (primary N) is 1. The van der Waals surface area contributed by atoms with Gasteiger partial charge in [-0.05, 0) is 22.6 Å². The third kappa shape index (κ3) is 0.942. The molecule has 0 radical (unpaired) electrons. The van der Waals surface area contributed by atoms with Crippen LogP contribution in [0, 0.1) is 9.52 Å². The molecule has 2 rings (SSSR count). The molecule has 0 spiro atoms. The Bertz CT molecular complexity index is 438. The van der Waals surface area contributed by atoms with E-state index in [1.807, 2.05) is 22.6 Å². The number of rotatable bonds is 0. The van der Waals surface area contributed by atoms with Crippen LogP contribution in [0.4, 0.5) is 10.2 Å². The van der Waals surface area contributed by atoms with E-state index in [1.54, 1.807) is 0 Å². The summed E-state index contributed by atoms with van der Waals surface area (Å²) in [6.07, 6.45) is 1.30. The lowest BCUT2D eigenvalue weighted by atomic mass is 10.5. The zero-order valence-electron chi connectivity index (χ0n) is 5.83. The number of hydrogen-bond acceptors (Lipinski definition) is 3. The summed E-state index contributed by atoms with van der Waals surface area (Å²) in [4.78, 5) is 3.74. The van der Waals surface area contributed by atoms with Gasteiger partial charge in [0.2, 0.25) is 0 Å². The minimum absolute atomic E-state index is 0.284. The normalized spacial score (nSPS) is 10.8. The predicted octanol–water partition coefficient (Wildman–Crippen LogP) is 1.06. The van der Waals surface area contributed by atoms with E-state index in [2.05, 4.69) is 10.1 Å². The Morgan fingerprint density at radius 3 is 3.00 bits per heavy atom. The Morgan fingerprint density at radius 2 is 2.33 bits per heavy atom. The van der Waals surface area contributed by atoms with Gasteiger partial charge in [-0.25, -0.2) is 13.9 Å². The molecule has 6 heteroatoms. The van der Waals surface area contributed by atoms with Crippen LogP contribution in [0.15, 0.2) is 12.4 Å². The van der Waals surface area contributed by atoms with E-state index in [9.17, 15) is 4.39 Å². The maximum absolute atomic E-state index is 13.0. The monoisotopic (exact) mass is 278 g/mol. The Labute approximate surface area is 80.7 Å². The van der Waals surface area contributed by atoms with Crippen LogP contribution in [0.1, 0.15) is 0 Å². The highest BCUT2D eigenvalue weighted by Crippen LogP contribution is 2.18. The van der Waals surface area contributed by atoms with Crippen LogP contribution in [0.3, 0.4) is 0 Å². The van der Waals surface area contributed by atoms with Gasteiger partial charge in [0.1, 0.15) is 15.5 Å². The molecule has 2 N–H and O–H groups in total. The first kappa shape index (κ1) is 7.71. The molecule has 0 aliphatic rings. The summed E-state index contributed by atoms with van der Waals surface area (Å²) in [5, 5.41) is 3.84. The molecule has 12 heavy (non-hydrogen) atoms. The van der Waals surface area contributed by atoms with Crippen molar-refractivity contribution in [3.8, 4) is 0 Å². The average Bonchev–Trinajstić information content (AvgIpc) is 2.32. The van der Waals surface area contributed by atoms with Crippen LogP contribution in [-0.2, 0) is 0 Å². The molecule has 4 nitrogen and oxygen atoms in total. The Kier molecular flexibility index (Phi) is 1.63. The fourth-order valence-electron chi connectivity index (χ4n) is 0.949. The quantitative estimate of drug-likeness (QED) is 0.733. The van der Waals surface area contributed by atoms with Gasteiger partial charge < -0.3 is 5.73 Å². The summed E-state index contributed by atoms with van der Waals surface area (Å²) < 4.78 is 14.8. The molecule has 0 saturated carbocycles. The lowest BCUT2D eigenvalue weighted by molar-refractivity contribution is 0.615. The maximum atomic E-state index is 13.0. The predicted molar refractivity (Wildman–Crippen MR) is 50.1 cm³/mol. The van der Waals surface area contributed by atoms with Crippen molar-refractivity contribution in [2.45, 2.75) is 0 Å². The first-order valence-corrected chi connectivity index (χ1v) is 4.21. The van der Waals surface area contributed by atoms with E-state index in [0.717, 1.165) is 0 Å². The van der Waals surface area contributed by atoms with Gasteiger partial charge in [0.25, 0.3) is 0 Å². The van der Waals surface area contributed by atoms with E-state index in [-0.39, 0.29) is 11.6 Å². The summed E-state index contributed by atoms with van der Waals surface area (Å²) in [7, 11) is 0. The SMILES string of the molecule is Nc1ncnn2c(I)c(F)cc12. The molecule has 0 aliphatic carbocycles. The second kappa shape index (κ2) is 2.54. The van der Waals surface area contributed by atoms with Gasteiger partial charge in [0, 0.05) is 6.07 Å². The van der Waals surface area contributed by atoms with Gasteiger partial charge >= 0.3 is 0 Å². The number of halogens is 2. The van der Waals surface area contributed by atoms with E-state index in [1.165, 1.54) is 16.9 Å². The van der Waals surface area contributed by atoms with Crippen LogP contribution in [0.5, 0.6) is 0 Å². The number of anilines is 1. The zero-order chi connectivity index (χ0) is 8.72. The lowest BCUT2D eigenvalue weighted by Crippen LogP contribution is -1.99. The molecular weight excluding hydrogens is 274 g/mol. The number of aromatic nitrogens is 3. The van der Waals surface area contributed by atoms with Gasteiger partial charge in [0.05, 0.1) is 0 Å². The number of nitrogens with zero attached hydrogens (tertiary/aromatic N) is 3. The van der Waals surface area contributed by atoms with Crippen LogP contribution in [0.25, 0.3) is 5.52 Å². The van der Waals surface area contributed by atoms with Crippen molar-refractivity contribution in [3.05, 3.63) is 21.9 Å². The molecule has 2 aromatic heterocycles. The molecule has 0 atom stereocenters. The van der Waals surface area contributed by atoms with E-state index < -0.39 is 0 Å². The van der Waals surface area contributed by atoms with Crippen molar-refractivity contribution in [1.29, 1.82) is 0 Å². The molecule has 2 aromatic rings. The molecule has 0 bridgehead atoms. The second-order valence-corrected chi connectivity index (χ2v) is 3.25. The van der Waals surface area contributed by atoms with Gasteiger partial charge in [-0.2, -0.15) is 5.10 Å². The number of fused-ring (bicyclic) bond motifs is 1. The molecule has 0 aromatic carbocycles. The lowest BCUT2D eigenvalue weighted by Gasteiger charge is -1.95. The first-order chi connectivity index (χ1) is 5.70. The average molecular weight is 278 g/mol. The third-order valence-corrected chi connectivity index (χ3v) is 2.47. The van der Waals surface area contributed by atoms with E-state index in [0.29, 0.717) is 9.22 Å². The summed E-state index contributed by atoms with van der Waals surface area (Å²) in [5.41, 5.74) is 6.00.